The monoisotopic (exact) mass is 266 g/mol. The maximum Gasteiger partial charge on any atom is 0.287 e. The van der Waals surface area contributed by atoms with E-state index in [1.165, 1.54) is 24.4 Å². The van der Waals surface area contributed by atoms with Gasteiger partial charge in [-0.25, -0.2) is 0 Å². The van der Waals surface area contributed by atoms with Crippen LogP contribution < -0.4 is 5.43 Å². The molecule has 0 aliphatic rings. The van der Waals surface area contributed by atoms with Gasteiger partial charge in [-0.3, -0.25) is 15.5 Å². The lowest BCUT2D eigenvalue weighted by Crippen LogP contribution is -1.95. The molecule has 1 N–H and O–H groups in total. The van der Waals surface area contributed by atoms with Crippen molar-refractivity contribution in [3.8, 4) is 6.07 Å². The lowest BCUT2D eigenvalue weighted by Gasteiger charge is -1.99. The zero-order chi connectivity index (χ0) is 14.4. The van der Waals surface area contributed by atoms with Gasteiger partial charge >= 0.3 is 0 Å². The third-order valence-corrected chi connectivity index (χ3v) is 2.52. The molecular weight excluding hydrogens is 256 g/mol. The van der Waals surface area contributed by atoms with Crippen LogP contribution >= 0.6 is 0 Å². The van der Waals surface area contributed by atoms with Crippen molar-refractivity contribution in [2.24, 2.45) is 5.10 Å². The summed E-state index contributed by atoms with van der Waals surface area (Å²) in [6, 6.07) is 15.4. The average Bonchev–Trinajstić information content (AvgIpc) is 2.48. The number of nitro groups is 1. The highest BCUT2D eigenvalue weighted by molar-refractivity contribution is 5.81. The van der Waals surface area contributed by atoms with Crippen molar-refractivity contribution >= 4 is 17.6 Å². The van der Waals surface area contributed by atoms with Crippen molar-refractivity contribution in [2.45, 2.75) is 0 Å². The highest BCUT2D eigenvalue weighted by Crippen LogP contribution is 2.18. The molecule has 98 valence electrons. The van der Waals surface area contributed by atoms with Crippen LogP contribution in [-0.4, -0.2) is 11.1 Å². The quantitative estimate of drug-likeness (QED) is 0.523. The van der Waals surface area contributed by atoms with Crippen LogP contribution in [0.3, 0.4) is 0 Å². The largest absolute Gasteiger partial charge is 0.287 e. The minimum absolute atomic E-state index is 0.0126. The Bertz CT molecular complexity index is 690. The van der Waals surface area contributed by atoms with Gasteiger partial charge in [-0.05, 0) is 29.8 Å². The van der Waals surface area contributed by atoms with Crippen molar-refractivity contribution in [1.82, 2.24) is 0 Å². The second-order valence-electron chi connectivity index (χ2n) is 3.88. The van der Waals surface area contributed by atoms with E-state index in [4.69, 9.17) is 5.26 Å². The van der Waals surface area contributed by atoms with Gasteiger partial charge in [-0.2, -0.15) is 10.4 Å². The molecule has 0 saturated heterocycles. The van der Waals surface area contributed by atoms with Crippen molar-refractivity contribution in [3.05, 3.63) is 69.8 Å². The molecule has 0 heterocycles. The molecule has 0 bridgehead atoms. The Morgan fingerprint density at radius 1 is 1.25 bits per heavy atom. The van der Waals surface area contributed by atoms with Crippen LogP contribution in [0.4, 0.5) is 11.4 Å². The maximum atomic E-state index is 10.7. The molecule has 0 amide bonds. The van der Waals surface area contributed by atoms with E-state index in [1.807, 2.05) is 30.3 Å². The molecule has 0 saturated carbocycles. The van der Waals surface area contributed by atoms with Gasteiger partial charge < -0.3 is 0 Å². The van der Waals surface area contributed by atoms with E-state index in [-0.39, 0.29) is 11.3 Å². The number of anilines is 1. The SMILES string of the molecule is N#Cc1cc(C=NNc2ccccc2)ccc1[N+](=O)[O-]. The Labute approximate surface area is 115 Å². The first kappa shape index (κ1) is 13.2. The molecular formula is C14H10N4O2. The van der Waals surface area contributed by atoms with Crippen molar-refractivity contribution in [2.75, 3.05) is 5.43 Å². The van der Waals surface area contributed by atoms with Gasteiger partial charge in [-0.15, -0.1) is 0 Å². The van der Waals surface area contributed by atoms with Gasteiger partial charge in [-0.1, -0.05) is 18.2 Å². The van der Waals surface area contributed by atoms with E-state index in [0.717, 1.165) is 5.69 Å². The van der Waals surface area contributed by atoms with E-state index in [0.29, 0.717) is 5.56 Å². The lowest BCUT2D eigenvalue weighted by atomic mass is 10.1. The fourth-order valence-corrected chi connectivity index (χ4v) is 1.58. The number of nitro benzene ring substituents is 1. The summed E-state index contributed by atoms with van der Waals surface area (Å²) in [6.07, 6.45) is 1.50. The minimum Gasteiger partial charge on any atom is -0.279 e. The van der Waals surface area contributed by atoms with Gasteiger partial charge in [0.15, 0.2) is 0 Å². The van der Waals surface area contributed by atoms with Crippen LogP contribution in [0.1, 0.15) is 11.1 Å². The van der Waals surface area contributed by atoms with Gasteiger partial charge in [0.05, 0.1) is 16.8 Å². The van der Waals surface area contributed by atoms with Gasteiger partial charge in [0.2, 0.25) is 0 Å². The second-order valence-corrected chi connectivity index (χ2v) is 3.88. The summed E-state index contributed by atoms with van der Waals surface area (Å²) >= 11 is 0. The summed E-state index contributed by atoms with van der Waals surface area (Å²) < 4.78 is 0. The number of rotatable bonds is 4. The van der Waals surface area contributed by atoms with E-state index < -0.39 is 4.92 Å². The Morgan fingerprint density at radius 2 is 2.00 bits per heavy atom. The van der Waals surface area contributed by atoms with Crippen LogP contribution in [0, 0.1) is 21.4 Å². The summed E-state index contributed by atoms with van der Waals surface area (Å²) in [5, 5.41) is 23.6. The molecule has 20 heavy (non-hydrogen) atoms. The second kappa shape index (κ2) is 6.11. The Kier molecular flexibility index (Phi) is 4.04. The topological polar surface area (TPSA) is 91.3 Å². The van der Waals surface area contributed by atoms with E-state index in [9.17, 15) is 10.1 Å². The molecule has 6 heteroatoms. The molecule has 6 nitrogen and oxygen atoms in total. The molecule has 0 spiro atoms. The third-order valence-electron chi connectivity index (χ3n) is 2.52. The van der Waals surface area contributed by atoms with E-state index in [2.05, 4.69) is 10.5 Å². The van der Waals surface area contributed by atoms with Crippen LogP contribution in [-0.2, 0) is 0 Å². The van der Waals surface area contributed by atoms with Gasteiger partial charge in [0, 0.05) is 6.07 Å². The van der Waals surface area contributed by atoms with Gasteiger partial charge in [0.25, 0.3) is 5.69 Å². The summed E-state index contributed by atoms with van der Waals surface area (Å²) in [4.78, 5) is 10.1. The van der Waals surface area contributed by atoms with Crippen LogP contribution in [0.25, 0.3) is 0 Å². The zero-order valence-corrected chi connectivity index (χ0v) is 10.4. The predicted molar refractivity (Wildman–Crippen MR) is 75.5 cm³/mol. The standard InChI is InChI=1S/C14H10N4O2/c15-9-12-8-11(6-7-14(12)18(19)20)10-16-17-13-4-2-1-3-5-13/h1-8,10,17H. The Hall–Kier alpha value is -3.20. The molecule has 2 rings (SSSR count). The number of para-hydroxylation sites is 1. The number of nitrogens with zero attached hydrogens (tertiary/aromatic N) is 3. The highest BCUT2D eigenvalue weighted by atomic mass is 16.6. The number of hydrazone groups is 1. The summed E-state index contributed by atoms with van der Waals surface area (Å²) in [5.41, 5.74) is 4.06. The van der Waals surface area contributed by atoms with Crippen LogP contribution in [0.2, 0.25) is 0 Å². The predicted octanol–water partition coefficient (Wildman–Crippen LogP) is 2.91. The Balaban J connectivity index is 2.14. The first-order valence-corrected chi connectivity index (χ1v) is 5.73. The van der Waals surface area contributed by atoms with E-state index >= 15 is 0 Å². The van der Waals surface area contributed by atoms with Crippen molar-refractivity contribution in [1.29, 1.82) is 5.26 Å². The van der Waals surface area contributed by atoms with Crippen molar-refractivity contribution in [3.63, 3.8) is 0 Å². The number of benzene rings is 2. The molecule has 0 aromatic heterocycles. The number of hydrogen-bond acceptors (Lipinski definition) is 5. The Morgan fingerprint density at radius 3 is 2.65 bits per heavy atom. The summed E-state index contributed by atoms with van der Waals surface area (Å²) in [6.45, 7) is 0. The molecule has 0 aliphatic carbocycles. The fraction of sp³-hybridized carbons (Fsp3) is 0. The first-order chi connectivity index (χ1) is 9.70. The number of hydrogen-bond donors (Lipinski definition) is 1. The normalized spacial score (nSPS) is 10.2. The van der Waals surface area contributed by atoms with Crippen LogP contribution in [0.15, 0.2) is 53.6 Å². The molecule has 2 aromatic carbocycles. The number of nitrogens with one attached hydrogen (secondary N) is 1. The maximum absolute atomic E-state index is 10.7. The van der Waals surface area contributed by atoms with Gasteiger partial charge in [0.1, 0.15) is 11.6 Å². The lowest BCUT2D eigenvalue weighted by molar-refractivity contribution is -0.385. The molecule has 0 unspecified atom stereocenters. The number of nitriles is 1. The first-order valence-electron chi connectivity index (χ1n) is 5.73. The minimum atomic E-state index is -0.582. The van der Waals surface area contributed by atoms with E-state index in [1.54, 1.807) is 6.07 Å². The summed E-state index contributed by atoms with van der Waals surface area (Å²) in [5.74, 6) is 0. The third kappa shape index (κ3) is 3.17. The molecule has 2 aromatic rings. The molecule has 0 radical (unpaired) electrons. The van der Waals surface area contributed by atoms with Crippen molar-refractivity contribution < 1.29 is 4.92 Å². The average molecular weight is 266 g/mol. The summed E-state index contributed by atoms with van der Waals surface area (Å²) in [7, 11) is 0. The highest BCUT2D eigenvalue weighted by Gasteiger charge is 2.12. The fourth-order valence-electron chi connectivity index (χ4n) is 1.58. The zero-order valence-electron chi connectivity index (χ0n) is 10.4. The molecule has 0 atom stereocenters. The smallest absolute Gasteiger partial charge is 0.279 e. The molecule has 0 aliphatic heterocycles. The molecule has 0 fully saturated rings. The van der Waals surface area contributed by atoms with Crippen LogP contribution in [0.5, 0.6) is 0 Å².